The number of piperidine rings is 1. The second-order valence-corrected chi connectivity index (χ2v) is 13.0. The van der Waals surface area contributed by atoms with E-state index in [1.165, 1.54) is 41.6 Å². The quantitative estimate of drug-likeness (QED) is 0.215. The summed E-state index contributed by atoms with van der Waals surface area (Å²) >= 11 is 0. The van der Waals surface area contributed by atoms with Gasteiger partial charge in [0.25, 0.3) is 0 Å². The molecule has 0 radical (unpaired) electrons. The summed E-state index contributed by atoms with van der Waals surface area (Å²) in [5, 5.41) is 9.92. The standard InChI is InChI=1S/C43H49NO3/c1-3-5-6-7-13-26-42(37-20-22-38(23-21-37)44-28-14-8-15-29-44)27-24-36-33-43(25-4-2,46-31-30-45)40-19-12-10-17-35(40)32-34-16-9-11-18-39(34)41(36)47-42/h3,5-7,9-13,16-24,27,45H,1,4,8,14-15,25-26,28-33H2,2H3/b6-5-,13-7-. The van der Waals surface area contributed by atoms with E-state index in [9.17, 15) is 5.11 Å². The van der Waals surface area contributed by atoms with Crippen molar-refractivity contribution in [1.29, 1.82) is 0 Å². The molecule has 47 heavy (non-hydrogen) atoms. The van der Waals surface area contributed by atoms with E-state index in [1.807, 2.05) is 12.2 Å². The summed E-state index contributed by atoms with van der Waals surface area (Å²) in [5.41, 5.74) is 7.08. The number of hydrogen-bond acceptors (Lipinski definition) is 4. The molecule has 244 valence electrons. The van der Waals surface area contributed by atoms with Gasteiger partial charge in [-0.2, -0.15) is 0 Å². The van der Waals surface area contributed by atoms with Gasteiger partial charge < -0.3 is 19.5 Å². The van der Waals surface area contributed by atoms with E-state index in [1.54, 1.807) is 6.08 Å². The van der Waals surface area contributed by atoms with Crippen molar-refractivity contribution >= 4 is 11.4 Å². The number of anilines is 1. The summed E-state index contributed by atoms with van der Waals surface area (Å²) in [4.78, 5) is 2.50. The molecule has 6 rings (SSSR count). The number of allylic oxidation sites excluding steroid dienone is 5. The first-order chi connectivity index (χ1) is 23.1. The van der Waals surface area contributed by atoms with Gasteiger partial charge in [-0.3, -0.25) is 0 Å². The van der Waals surface area contributed by atoms with Gasteiger partial charge in [0.1, 0.15) is 5.76 Å². The van der Waals surface area contributed by atoms with Gasteiger partial charge >= 0.3 is 0 Å². The van der Waals surface area contributed by atoms with Crippen LogP contribution >= 0.6 is 0 Å². The molecule has 4 heteroatoms. The SMILES string of the molecule is C=C/C=C\C=C/CC1(c2ccc(N3CCCCC3)cc2)C=CC2=C(O1)c1ccccc1Cc1ccccc1C(CCC)(OCCO)C2. The van der Waals surface area contributed by atoms with Crippen LogP contribution in [0.2, 0.25) is 0 Å². The molecule has 1 N–H and O–H groups in total. The van der Waals surface area contributed by atoms with Crippen LogP contribution in [0.3, 0.4) is 0 Å². The molecule has 2 aliphatic heterocycles. The van der Waals surface area contributed by atoms with E-state index in [4.69, 9.17) is 9.47 Å². The van der Waals surface area contributed by atoms with Crippen LogP contribution in [-0.2, 0) is 27.1 Å². The molecule has 1 aliphatic carbocycles. The van der Waals surface area contributed by atoms with Gasteiger partial charge in [0.2, 0.25) is 0 Å². The van der Waals surface area contributed by atoms with E-state index in [2.05, 4.69) is 116 Å². The molecule has 0 spiro atoms. The molecule has 0 amide bonds. The lowest BCUT2D eigenvalue weighted by Crippen LogP contribution is -2.34. The lowest BCUT2D eigenvalue weighted by molar-refractivity contribution is -0.0699. The van der Waals surface area contributed by atoms with Gasteiger partial charge in [-0.15, -0.1) is 0 Å². The van der Waals surface area contributed by atoms with Crippen LogP contribution in [0.25, 0.3) is 5.76 Å². The van der Waals surface area contributed by atoms with E-state index in [-0.39, 0.29) is 13.2 Å². The molecule has 3 aliphatic rings. The predicted molar refractivity (Wildman–Crippen MR) is 194 cm³/mol. The maximum absolute atomic E-state index is 9.92. The van der Waals surface area contributed by atoms with Crippen molar-refractivity contribution in [3.63, 3.8) is 0 Å². The first kappa shape index (κ1) is 32.8. The minimum Gasteiger partial charge on any atom is -0.477 e. The Kier molecular flexibility index (Phi) is 10.6. The van der Waals surface area contributed by atoms with Crippen molar-refractivity contribution in [2.75, 3.05) is 31.2 Å². The third-order valence-corrected chi connectivity index (χ3v) is 9.87. The van der Waals surface area contributed by atoms with Gasteiger partial charge in [0.15, 0.2) is 5.60 Å². The monoisotopic (exact) mass is 627 g/mol. The third kappa shape index (κ3) is 7.10. The highest BCUT2D eigenvalue weighted by atomic mass is 16.5. The Morgan fingerprint density at radius 3 is 2.45 bits per heavy atom. The first-order valence-electron chi connectivity index (χ1n) is 17.4. The van der Waals surface area contributed by atoms with E-state index < -0.39 is 11.2 Å². The summed E-state index contributed by atoms with van der Waals surface area (Å²) in [6.45, 7) is 8.52. The molecule has 2 unspecified atom stereocenters. The largest absolute Gasteiger partial charge is 0.477 e. The van der Waals surface area contributed by atoms with Crippen molar-refractivity contribution < 1.29 is 14.6 Å². The fraction of sp³-hybridized carbons (Fsp3) is 0.349. The summed E-state index contributed by atoms with van der Waals surface area (Å²) in [6, 6.07) is 26.4. The lowest BCUT2D eigenvalue weighted by atomic mass is 9.79. The van der Waals surface area contributed by atoms with Gasteiger partial charge in [-0.1, -0.05) is 117 Å². The minimum absolute atomic E-state index is 0.0186. The summed E-state index contributed by atoms with van der Waals surface area (Å²) in [6.07, 6.45) is 22.3. The van der Waals surface area contributed by atoms with Crippen LogP contribution in [0.5, 0.6) is 0 Å². The maximum atomic E-state index is 9.92. The molecule has 2 heterocycles. The Morgan fingerprint density at radius 2 is 1.68 bits per heavy atom. The number of nitrogens with zero attached hydrogens (tertiary/aromatic N) is 1. The molecular formula is C43H49NO3. The van der Waals surface area contributed by atoms with Crippen LogP contribution in [0.4, 0.5) is 5.69 Å². The predicted octanol–water partition coefficient (Wildman–Crippen LogP) is 9.56. The van der Waals surface area contributed by atoms with Crippen LogP contribution in [-0.4, -0.2) is 31.4 Å². The number of hydrogen-bond donors (Lipinski definition) is 1. The van der Waals surface area contributed by atoms with E-state index in [0.29, 0.717) is 12.8 Å². The lowest BCUT2D eigenvalue weighted by Gasteiger charge is -2.40. The van der Waals surface area contributed by atoms with E-state index in [0.717, 1.165) is 54.8 Å². The highest BCUT2D eigenvalue weighted by Gasteiger charge is 2.41. The molecule has 0 saturated carbocycles. The number of benzene rings is 3. The van der Waals surface area contributed by atoms with Crippen LogP contribution in [0.15, 0.2) is 127 Å². The Labute approximate surface area is 281 Å². The highest BCUT2D eigenvalue weighted by molar-refractivity contribution is 5.72. The Morgan fingerprint density at radius 1 is 0.915 bits per heavy atom. The number of aliphatic hydroxyl groups excluding tert-OH is 1. The second kappa shape index (κ2) is 15.2. The van der Waals surface area contributed by atoms with Crippen molar-refractivity contribution in [3.05, 3.63) is 155 Å². The summed E-state index contributed by atoms with van der Waals surface area (Å²) in [5.74, 6) is 0.916. The summed E-state index contributed by atoms with van der Waals surface area (Å²) < 4.78 is 14.2. The fourth-order valence-electron chi connectivity index (χ4n) is 7.61. The third-order valence-electron chi connectivity index (χ3n) is 9.87. The van der Waals surface area contributed by atoms with Crippen LogP contribution < -0.4 is 4.90 Å². The van der Waals surface area contributed by atoms with Crippen molar-refractivity contribution in [2.24, 2.45) is 0 Å². The second-order valence-electron chi connectivity index (χ2n) is 13.0. The van der Waals surface area contributed by atoms with Crippen molar-refractivity contribution in [3.8, 4) is 0 Å². The number of aliphatic hydroxyl groups is 1. The average Bonchev–Trinajstić information content (AvgIpc) is 3.16. The number of ether oxygens (including phenoxy) is 2. The van der Waals surface area contributed by atoms with E-state index >= 15 is 0 Å². The molecule has 0 aromatic heterocycles. The Balaban J connectivity index is 1.47. The minimum atomic E-state index is -0.689. The van der Waals surface area contributed by atoms with Crippen molar-refractivity contribution in [1.82, 2.24) is 0 Å². The topological polar surface area (TPSA) is 41.9 Å². The molecule has 2 atom stereocenters. The molecule has 4 nitrogen and oxygen atoms in total. The van der Waals surface area contributed by atoms with Crippen LogP contribution in [0, 0.1) is 0 Å². The van der Waals surface area contributed by atoms with Gasteiger partial charge in [0.05, 0.1) is 18.8 Å². The zero-order valence-corrected chi connectivity index (χ0v) is 27.9. The molecule has 1 fully saturated rings. The summed E-state index contributed by atoms with van der Waals surface area (Å²) in [7, 11) is 0. The highest BCUT2D eigenvalue weighted by Crippen LogP contribution is 2.49. The van der Waals surface area contributed by atoms with Crippen LogP contribution in [0.1, 0.15) is 79.7 Å². The molecule has 1 saturated heterocycles. The first-order valence-corrected chi connectivity index (χ1v) is 17.4. The Hall–Kier alpha value is -4.12. The molecular weight excluding hydrogens is 578 g/mol. The van der Waals surface area contributed by atoms with Gasteiger partial charge in [-0.05, 0) is 78.1 Å². The van der Waals surface area contributed by atoms with Crippen molar-refractivity contribution in [2.45, 2.75) is 69.5 Å². The number of rotatable bonds is 11. The average molecular weight is 628 g/mol. The molecule has 3 aromatic rings. The number of fused-ring (bicyclic) bond motifs is 3. The normalized spacial score (nSPS) is 22.6. The molecule has 0 bridgehead atoms. The molecule has 3 aromatic carbocycles. The Bertz CT molecular complexity index is 1640. The van der Waals surface area contributed by atoms with Gasteiger partial charge in [0, 0.05) is 37.2 Å². The maximum Gasteiger partial charge on any atom is 0.156 e. The van der Waals surface area contributed by atoms with Gasteiger partial charge in [-0.25, -0.2) is 0 Å². The zero-order valence-electron chi connectivity index (χ0n) is 27.9. The zero-order chi connectivity index (χ0) is 32.5. The smallest absolute Gasteiger partial charge is 0.156 e. The fourth-order valence-corrected chi connectivity index (χ4v) is 7.61.